The van der Waals surface area contributed by atoms with Gasteiger partial charge < -0.3 is 19.1 Å². The Hall–Kier alpha value is -1.91. The van der Waals surface area contributed by atoms with Gasteiger partial charge in [-0.2, -0.15) is 0 Å². The van der Waals surface area contributed by atoms with Gasteiger partial charge in [-0.3, -0.25) is 0 Å². The molecule has 0 radical (unpaired) electrons. The summed E-state index contributed by atoms with van der Waals surface area (Å²) in [7, 11) is 3.24. The van der Waals surface area contributed by atoms with Crippen LogP contribution in [-0.2, 0) is 9.53 Å². The van der Waals surface area contributed by atoms with Gasteiger partial charge >= 0.3 is 5.97 Å². The summed E-state index contributed by atoms with van der Waals surface area (Å²) in [6, 6.07) is 5.63. The topological polar surface area (TPSA) is 48.0 Å². The van der Waals surface area contributed by atoms with Crippen LogP contribution in [0.4, 0.5) is 5.69 Å². The second-order valence-corrected chi connectivity index (χ2v) is 4.94. The van der Waals surface area contributed by atoms with E-state index < -0.39 is 5.54 Å². The number of esters is 1. The molecule has 0 amide bonds. The fourth-order valence-electron chi connectivity index (χ4n) is 1.95. The molecule has 0 unspecified atom stereocenters. The van der Waals surface area contributed by atoms with E-state index in [9.17, 15) is 4.79 Å². The van der Waals surface area contributed by atoms with Crippen molar-refractivity contribution in [3.63, 3.8) is 0 Å². The lowest BCUT2D eigenvalue weighted by Gasteiger charge is -2.35. The average molecular weight is 265 g/mol. The molecular weight excluding hydrogens is 246 g/mol. The molecule has 0 saturated heterocycles. The van der Waals surface area contributed by atoms with Crippen LogP contribution in [0.1, 0.15) is 13.8 Å². The zero-order valence-corrected chi connectivity index (χ0v) is 11.7. The number of hydrogen-bond donors (Lipinski definition) is 0. The number of rotatable bonds is 3. The van der Waals surface area contributed by atoms with E-state index in [1.54, 1.807) is 0 Å². The van der Waals surface area contributed by atoms with E-state index in [1.165, 1.54) is 7.11 Å². The van der Waals surface area contributed by atoms with Gasteiger partial charge in [0.25, 0.3) is 0 Å². The maximum Gasteiger partial charge on any atom is 0.331 e. The molecule has 1 aliphatic heterocycles. The van der Waals surface area contributed by atoms with Gasteiger partial charge in [0.2, 0.25) is 0 Å². The Balaban J connectivity index is 2.29. The minimum absolute atomic E-state index is 0.287. The van der Waals surface area contributed by atoms with Gasteiger partial charge in [0.1, 0.15) is 18.8 Å². The third-order valence-electron chi connectivity index (χ3n) is 3.44. The fraction of sp³-hybridized carbons (Fsp3) is 0.500. The van der Waals surface area contributed by atoms with E-state index in [2.05, 4.69) is 0 Å². The average Bonchev–Trinajstić information content (AvgIpc) is 2.44. The summed E-state index contributed by atoms with van der Waals surface area (Å²) >= 11 is 0. The SMILES string of the molecule is COC(=O)C(C)(C)N(C)c1ccc2c(c1)OCCO2. The van der Waals surface area contributed by atoms with Crippen LogP contribution in [0.2, 0.25) is 0 Å². The number of methoxy groups -OCH3 is 1. The Morgan fingerprint density at radius 2 is 1.89 bits per heavy atom. The lowest BCUT2D eigenvalue weighted by molar-refractivity contribution is -0.145. The van der Waals surface area contributed by atoms with Crippen LogP contribution in [-0.4, -0.2) is 38.9 Å². The summed E-state index contributed by atoms with van der Waals surface area (Å²) in [5.74, 6) is 1.15. The normalized spacial score (nSPS) is 13.9. The van der Waals surface area contributed by atoms with Crippen LogP contribution in [0, 0.1) is 0 Å². The van der Waals surface area contributed by atoms with Crippen molar-refractivity contribution in [2.75, 3.05) is 32.3 Å². The van der Waals surface area contributed by atoms with Crippen LogP contribution in [0.15, 0.2) is 18.2 Å². The molecule has 0 spiro atoms. The van der Waals surface area contributed by atoms with E-state index in [1.807, 2.05) is 44.0 Å². The standard InChI is InChI=1S/C14H19NO4/c1-14(2,13(16)17-4)15(3)10-5-6-11-12(9-10)19-8-7-18-11/h5-6,9H,7-8H2,1-4H3. The zero-order valence-electron chi connectivity index (χ0n) is 11.7. The van der Waals surface area contributed by atoms with Crippen LogP contribution < -0.4 is 14.4 Å². The molecule has 1 aromatic carbocycles. The molecule has 2 rings (SSSR count). The molecule has 0 fully saturated rings. The number of anilines is 1. The van der Waals surface area contributed by atoms with E-state index in [0.717, 1.165) is 11.4 Å². The minimum atomic E-state index is -0.751. The predicted molar refractivity (Wildman–Crippen MR) is 71.9 cm³/mol. The molecule has 0 saturated carbocycles. The first kappa shape index (κ1) is 13.5. The minimum Gasteiger partial charge on any atom is -0.486 e. The van der Waals surface area contributed by atoms with Gasteiger partial charge in [-0.25, -0.2) is 4.79 Å². The van der Waals surface area contributed by atoms with E-state index in [4.69, 9.17) is 14.2 Å². The Labute approximate surface area is 113 Å². The van der Waals surface area contributed by atoms with Crippen LogP contribution >= 0.6 is 0 Å². The first-order chi connectivity index (χ1) is 8.96. The molecule has 5 nitrogen and oxygen atoms in total. The third-order valence-corrected chi connectivity index (χ3v) is 3.44. The van der Waals surface area contributed by atoms with Gasteiger partial charge in [0, 0.05) is 18.8 Å². The summed E-state index contributed by atoms with van der Waals surface area (Å²) in [5, 5.41) is 0. The Morgan fingerprint density at radius 3 is 2.53 bits per heavy atom. The molecule has 0 N–H and O–H groups in total. The molecule has 0 aromatic heterocycles. The number of nitrogens with zero attached hydrogens (tertiary/aromatic N) is 1. The van der Waals surface area contributed by atoms with Crippen LogP contribution in [0.5, 0.6) is 11.5 Å². The lowest BCUT2D eigenvalue weighted by atomic mass is 10.0. The second-order valence-electron chi connectivity index (χ2n) is 4.94. The number of ether oxygens (including phenoxy) is 3. The maximum atomic E-state index is 11.8. The first-order valence-corrected chi connectivity index (χ1v) is 6.18. The number of carbonyl (C=O) groups is 1. The van der Waals surface area contributed by atoms with E-state index in [-0.39, 0.29) is 5.97 Å². The van der Waals surface area contributed by atoms with Crippen molar-refractivity contribution in [3.05, 3.63) is 18.2 Å². The third kappa shape index (κ3) is 2.45. The maximum absolute atomic E-state index is 11.8. The van der Waals surface area contributed by atoms with Gasteiger partial charge in [-0.15, -0.1) is 0 Å². The number of fused-ring (bicyclic) bond motifs is 1. The quantitative estimate of drug-likeness (QED) is 0.780. The number of likely N-dealkylation sites (N-methyl/N-ethyl adjacent to an activating group) is 1. The van der Waals surface area contributed by atoms with Crippen molar-refractivity contribution in [3.8, 4) is 11.5 Å². The summed E-state index contributed by atoms with van der Waals surface area (Å²) in [4.78, 5) is 13.7. The Bertz CT molecular complexity index is 484. The number of hydrogen-bond acceptors (Lipinski definition) is 5. The van der Waals surface area contributed by atoms with Crippen molar-refractivity contribution in [2.24, 2.45) is 0 Å². The van der Waals surface area contributed by atoms with Gasteiger partial charge in [0.15, 0.2) is 11.5 Å². The van der Waals surface area contributed by atoms with Crippen molar-refractivity contribution in [1.29, 1.82) is 0 Å². The molecule has 1 aliphatic rings. The predicted octanol–water partition coefficient (Wildman–Crippen LogP) is 1.85. The summed E-state index contributed by atoms with van der Waals surface area (Å²) < 4.78 is 15.9. The first-order valence-electron chi connectivity index (χ1n) is 6.18. The Morgan fingerprint density at radius 1 is 1.26 bits per heavy atom. The van der Waals surface area contributed by atoms with Crippen molar-refractivity contribution in [2.45, 2.75) is 19.4 Å². The largest absolute Gasteiger partial charge is 0.486 e. The summed E-state index contributed by atoms with van der Waals surface area (Å²) in [5.41, 5.74) is 0.123. The van der Waals surface area contributed by atoms with Crippen LogP contribution in [0.25, 0.3) is 0 Å². The highest BCUT2D eigenvalue weighted by atomic mass is 16.6. The highest BCUT2D eigenvalue weighted by molar-refractivity contribution is 5.84. The summed E-state index contributed by atoms with van der Waals surface area (Å²) in [6.07, 6.45) is 0. The highest BCUT2D eigenvalue weighted by Gasteiger charge is 2.34. The van der Waals surface area contributed by atoms with Gasteiger partial charge in [-0.1, -0.05) is 0 Å². The molecule has 5 heteroatoms. The smallest absolute Gasteiger partial charge is 0.331 e. The van der Waals surface area contributed by atoms with Gasteiger partial charge in [0.05, 0.1) is 7.11 Å². The number of benzene rings is 1. The molecule has 1 heterocycles. The van der Waals surface area contributed by atoms with Crippen molar-refractivity contribution in [1.82, 2.24) is 0 Å². The molecular formula is C14H19NO4. The molecule has 0 atom stereocenters. The molecule has 0 aliphatic carbocycles. The van der Waals surface area contributed by atoms with E-state index >= 15 is 0 Å². The second kappa shape index (κ2) is 4.99. The molecule has 0 bridgehead atoms. The summed E-state index contributed by atoms with van der Waals surface area (Å²) in [6.45, 7) is 4.74. The molecule has 1 aromatic rings. The van der Waals surface area contributed by atoms with Crippen molar-refractivity contribution < 1.29 is 19.0 Å². The number of carbonyl (C=O) groups excluding carboxylic acids is 1. The molecule has 104 valence electrons. The Kier molecular flexibility index (Phi) is 3.55. The molecule has 19 heavy (non-hydrogen) atoms. The van der Waals surface area contributed by atoms with Gasteiger partial charge in [-0.05, 0) is 26.0 Å². The van der Waals surface area contributed by atoms with E-state index in [0.29, 0.717) is 19.0 Å². The lowest BCUT2D eigenvalue weighted by Crippen LogP contribution is -2.48. The highest BCUT2D eigenvalue weighted by Crippen LogP contribution is 2.35. The van der Waals surface area contributed by atoms with Crippen LogP contribution in [0.3, 0.4) is 0 Å². The monoisotopic (exact) mass is 265 g/mol. The fourth-order valence-corrected chi connectivity index (χ4v) is 1.95. The zero-order chi connectivity index (χ0) is 14.0. The van der Waals surface area contributed by atoms with Crippen molar-refractivity contribution >= 4 is 11.7 Å².